The van der Waals surface area contributed by atoms with E-state index in [1.807, 2.05) is 12.1 Å². The molecule has 0 amide bonds. The van der Waals surface area contributed by atoms with E-state index in [4.69, 9.17) is 11.6 Å². The molecule has 0 bridgehead atoms. The molecule has 1 aliphatic heterocycles. The summed E-state index contributed by atoms with van der Waals surface area (Å²) in [6, 6.07) is 10.1. The van der Waals surface area contributed by atoms with E-state index in [1.165, 1.54) is 44.2 Å². The van der Waals surface area contributed by atoms with Gasteiger partial charge in [0.25, 0.3) is 0 Å². The number of halogens is 1. The summed E-state index contributed by atoms with van der Waals surface area (Å²) in [5.74, 6) is 0.812. The van der Waals surface area contributed by atoms with Gasteiger partial charge in [-0.1, -0.05) is 30.2 Å². The lowest BCUT2D eigenvalue weighted by Crippen LogP contribution is -2.42. The first-order chi connectivity index (χ1) is 9.74. The largest absolute Gasteiger partial charge is 0.314 e. The van der Waals surface area contributed by atoms with Crippen LogP contribution in [0.1, 0.15) is 50.6 Å². The number of nitrogens with one attached hydrogen (secondary N) is 2. The van der Waals surface area contributed by atoms with Gasteiger partial charge in [0, 0.05) is 23.1 Å². The van der Waals surface area contributed by atoms with E-state index < -0.39 is 0 Å². The molecular weight excluding hydrogens is 268 g/mol. The maximum absolute atomic E-state index is 5.97. The third-order valence-electron chi connectivity index (χ3n) is 5.02. The van der Waals surface area contributed by atoms with Gasteiger partial charge in [0.1, 0.15) is 0 Å². The van der Waals surface area contributed by atoms with E-state index in [9.17, 15) is 0 Å². The Labute approximate surface area is 127 Å². The van der Waals surface area contributed by atoms with Gasteiger partial charge in [0.15, 0.2) is 0 Å². The van der Waals surface area contributed by atoms with Gasteiger partial charge in [-0.05, 0) is 62.8 Å². The standard InChI is InChI=1S/C17H25ClN2/c1-12(13-7-9-14(18)10-8-13)20-17-5-2-4-15(17)16-6-3-11-19-16/h7-10,12,15-17,19-20H,2-6,11H2,1H3/t12-,15?,16?,17?/m0/s1. The van der Waals surface area contributed by atoms with Gasteiger partial charge in [-0.3, -0.25) is 0 Å². The summed E-state index contributed by atoms with van der Waals surface area (Å²) in [4.78, 5) is 0. The first-order valence-corrected chi connectivity index (χ1v) is 8.37. The summed E-state index contributed by atoms with van der Waals surface area (Å²) < 4.78 is 0. The normalized spacial score (nSPS) is 31.6. The third kappa shape index (κ3) is 3.19. The molecule has 1 saturated heterocycles. The number of hydrogen-bond donors (Lipinski definition) is 2. The molecule has 0 aromatic heterocycles. The molecule has 0 spiro atoms. The van der Waals surface area contributed by atoms with Crippen LogP contribution < -0.4 is 10.6 Å². The highest BCUT2D eigenvalue weighted by Crippen LogP contribution is 2.33. The summed E-state index contributed by atoms with van der Waals surface area (Å²) in [5, 5.41) is 8.36. The zero-order valence-electron chi connectivity index (χ0n) is 12.2. The zero-order chi connectivity index (χ0) is 13.9. The van der Waals surface area contributed by atoms with Crippen molar-refractivity contribution in [2.24, 2.45) is 5.92 Å². The maximum Gasteiger partial charge on any atom is 0.0406 e. The van der Waals surface area contributed by atoms with E-state index in [1.54, 1.807) is 0 Å². The highest BCUT2D eigenvalue weighted by molar-refractivity contribution is 6.30. The molecule has 3 unspecified atom stereocenters. The van der Waals surface area contributed by atoms with Crippen LogP contribution in [0.5, 0.6) is 0 Å². The van der Waals surface area contributed by atoms with Crippen LogP contribution in [0.4, 0.5) is 0 Å². The lowest BCUT2D eigenvalue weighted by atomic mass is 9.92. The van der Waals surface area contributed by atoms with Gasteiger partial charge in [0.2, 0.25) is 0 Å². The SMILES string of the molecule is C[C@H](NC1CCCC1C1CCCN1)c1ccc(Cl)cc1. The molecule has 2 fully saturated rings. The van der Waals surface area contributed by atoms with Crippen molar-refractivity contribution in [3.05, 3.63) is 34.9 Å². The van der Waals surface area contributed by atoms with Crippen molar-refractivity contribution >= 4 is 11.6 Å². The molecule has 3 rings (SSSR count). The third-order valence-corrected chi connectivity index (χ3v) is 5.27. The molecule has 1 saturated carbocycles. The minimum absolute atomic E-state index is 0.402. The molecule has 1 aromatic rings. The average Bonchev–Trinajstić information content (AvgIpc) is 3.09. The minimum atomic E-state index is 0.402. The van der Waals surface area contributed by atoms with Crippen LogP contribution in [0.25, 0.3) is 0 Å². The topological polar surface area (TPSA) is 24.1 Å². The lowest BCUT2D eigenvalue weighted by Gasteiger charge is -2.29. The van der Waals surface area contributed by atoms with Crippen LogP contribution in [-0.4, -0.2) is 18.6 Å². The maximum atomic E-state index is 5.97. The second-order valence-corrected chi connectivity index (χ2v) is 6.78. The Hall–Kier alpha value is -0.570. The van der Waals surface area contributed by atoms with E-state index in [0.29, 0.717) is 12.1 Å². The Morgan fingerprint density at radius 1 is 1.15 bits per heavy atom. The molecule has 3 heteroatoms. The second kappa shape index (κ2) is 6.46. The minimum Gasteiger partial charge on any atom is -0.314 e. The summed E-state index contributed by atoms with van der Waals surface area (Å²) in [7, 11) is 0. The first-order valence-electron chi connectivity index (χ1n) is 7.99. The second-order valence-electron chi connectivity index (χ2n) is 6.34. The molecule has 1 aliphatic carbocycles. The van der Waals surface area contributed by atoms with Gasteiger partial charge in [-0.25, -0.2) is 0 Å². The van der Waals surface area contributed by atoms with E-state index in [2.05, 4.69) is 29.7 Å². The van der Waals surface area contributed by atoms with Gasteiger partial charge < -0.3 is 10.6 Å². The van der Waals surface area contributed by atoms with Gasteiger partial charge in [-0.15, -0.1) is 0 Å². The molecule has 4 atom stereocenters. The average molecular weight is 293 g/mol. The number of hydrogen-bond acceptors (Lipinski definition) is 2. The molecule has 0 radical (unpaired) electrons. The molecular formula is C17H25ClN2. The van der Waals surface area contributed by atoms with Crippen molar-refractivity contribution < 1.29 is 0 Å². The Kier molecular flexibility index (Phi) is 4.65. The monoisotopic (exact) mass is 292 g/mol. The Balaban J connectivity index is 1.62. The predicted octanol–water partition coefficient (Wildman–Crippen LogP) is 3.91. The highest BCUT2D eigenvalue weighted by atomic mass is 35.5. The fraction of sp³-hybridized carbons (Fsp3) is 0.647. The lowest BCUT2D eigenvalue weighted by molar-refractivity contribution is 0.303. The fourth-order valence-corrected chi connectivity index (χ4v) is 4.05. The predicted molar refractivity (Wildman–Crippen MR) is 85.2 cm³/mol. The quantitative estimate of drug-likeness (QED) is 0.879. The number of benzene rings is 1. The fourth-order valence-electron chi connectivity index (χ4n) is 3.92. The van der Waals surface area contributed by atoms with E-state index >= 15 is 0 Å². The van der Waals surface area contributed by atoms with Gasteiger partial charge >= 0.3 is 0 Å². The molecule has 2 nitrogen and oxygen atoms in total. The molecule has 1 heterocycles. The summed E-state index contributed by atoms with van der Waals surface area (Å²) in [6.07, 6.45) is 6.77. The van der Waals surface area contributed by atoms with Crippen molar-refractivity contribution in [3.63, 3.8) is 0 Å². The molecule has 2 aliphatic rings. The molecule has 2 N–H and O–H groups in total. The van der Waals surface area contributed by atoms with Crippen molar-refractivity contribution in [3.8, 4) is 0 Å². The molecule has 20 heavy (non-hydrogen) atoms. The van der Waals surface area contributed by atoms with Gasteiger partial charge in [-0.2, -0.15) is 0 Å². The summed E-state index contributed by atoms with van der Waals surface area (Å²) in [6.45, 7) is 3.47. The van der Waals surface area contributed by atoms with Crippen LogP contribution >= 0.6 is 11.6 Å². The van der Waals surface area contributed by atoms with Crippen molar-refractivity contribution in [2.45, 2.75) is 57.2 Å². The Morgan fingerprint density at radius 2 is 1.95 bits per heavy atom. The van der Waals surface area contributed by atoms with Crippen molar-refractivity contribution in [1.82, 2.24) is 10.6 Å². The number of rotatable bonds is 4. The highest BCUT2D eigenvalue weighted by Gasteiger charge is 2.35. The van der Waals surface area contributed by atoms with Crippen LogP contribution in [0.2, 0.25) is 5.02 Å². The van der Waals surface area contributed by atoms with Crippen LogP contribution in [-0.2, 0) is 0 Å². The van der Waals surface area contributed by atoms with Gasteiger partial charge in [0.05, 0.1) is 0 Å². The zero-order valence-corrected chi connectivity index (χ0v) is 13.0. The van der Waals surface area contributed by atoms with Crippen molar-refractivity contribution in [1.29, 1.82) is 0 Å². The molecule has 110 valence electrons. The summed E-state index contributed by atoms with van der Waals surface area (Å²) in [5.41, 5.74) is 1.33. The van der Waals surface area contributed by atoms with E-state index in [-0.39, 0.29) is 0 Å². The Bertz CT molecular complexity index is 425. The van der Waals surface area contributed by atoms with Crippen LogP contribution in [0.15, 0.2) is 24.3 Å². The summed E-state index contributed by atoms with van der Waals surface area (Å²) >= 11 is 5.97. The smallest absolute Gasteiger partial charge is 0.0406 e. The molecule has 1 aromatic carbocycles. The van der Waals surface area contributed by atoms with Crippen molar-refractivity contribution in [2.75, 3.05) is 6.54 Å². The first kappa shape index (κ1) is 14.4. The van der Waals surface area contributed by atoms with E-state index in [0.717, 1.165) is 17.0 Å². The van der Waals surface area contributed by atoms with Crippen LogP contribution in [0, 0.1) is 5.92 Å². The Morgan fingerprint density at radius 3 is 2.65 bits per heavy atom. The van der Waals surface area contributed by atoms with Crippen LogP contribution in [0.3, 0.4) is 0 Å².